The SMILES string of the molecule is CC1CC(NC(=O)C2CC2c2cccc(Br)c2)CCN1. The highest BCUT2D eigenvalue weighted by molar-refractivity contribution is 9.10. The molecule has 4 unspecified atom stereocenters. The zero-order valence-corrected chi connectivity index (χ0v) is 13.3. The minimum atomic E-state index is 0.175. The first-order valence-electron chi connectivity index (χ1n) is 7.42. The van der Waals surface area contributed by atoms with Gasteiger partial charge in [0.2, 0.25) is 5.91 Å². The van der Waals surface area contributed by atoms with Gasteiger partial charge in [-0.3, -0.25) is 4.79 Å². The van der Waals surface area contributed by atoms with E-state index in [9.17, 15) is 4.79 Å². The molecule has 2 fully saturated rings. The summed E-state index contributed by atoms with van der Waals surface area (Å²) in [6.07, 6.45) is 3.08. The Kier molecular flexibility index (Phi) is 4.13. The van der Waals surface area contributed by atoms with Crippen LogP contribution in [-0.2, 0) is 4.79 Å². The van der Waals surface area contributed by atoms with Crippen LogP contribution in [0.5, 0.6) is 0 Å². The predicted octanol–water partition coefficient (Wildman–Crippen LogP) is 2.81. The lowest BCUT2D eigenvalue weighted by Crippen LogP contribution is -2.47. The van der Waals surface area contributed by atoms with Crippen molar-refractivity contribution in [2.75, 3.05) is 6.54 Å². The number of rotatable bonds is 3. The molecule has 0 aromatic heterocycles. The van der Waals surface area contributed by atoms with E-state index in [0.717, 1.165) is 30.3 Å². The monoisotopic (exact) mass is 336 g/mol. The predicted molar refractivity (Wildman–Crippen MR) is 83.6 cm³/mol. The van der Waals surface area contributed by atoms with Gasteiger partial charge in [0.05, 0.1) is 0 Å². The van der Waals surface area contributed by atoms with Gasteiger partial charge in [-0.15, -0.1) is 0 Å². The highest BCUT2D eigenvalue weighted by Gasteiger charge is 2.44. The van der Waals surface area contributed by atoms with Crippen molar-refractivity contribution in [3.8, 4) is 0 Å². The second kappa shape index (κ2) is 5.86. The second-order valence-corrected chi connectivity index (χ2v) is 7.00. The van der Waals surface area contributed by atoms with Crippen LogP contribution in [0.15, 0.2) is 28.7 Å². The maximum atomic E-state index is 12.3. The Hall–Kier alpha value is -0.870. The van der Waals surface area contributed by atoms with E-state index in [0.29, 0.717) is 18.0 Å². The zero-order valence-electron chi connectivity index (χ0n) is 11.7. The third kappa shape index (κ3) is 3.23. The summed E-state index contributed by atoms with van der Waals surface area (Å²) in [5.74, 6) is 0.829. The summed E-state index contributed by atoms with van der Waals surface area (Å²) < 4.78 is 1.09. The van der Waals surface area contributed by atoms with Gasteiger partial charge in [0.1, 0.15) is 0 Å². The van der Waals surface area contributed by atoms with Gasteiger partial charge in [-0.1, -0.05) is 28.1 Å². The molecule has 0 bridgehead atoms. The molecule has 2 N–H and O–H groups in total. The molecular weight excluding hydrogens is 316 g/mol. The number of nitrogens with one attached hydrogen (secondary N) is 2. The third-order valence-electron chi connectivity index (χ3n) is 4.37. The molecule has 0 spiro atoms. The molecule has 4 heteroatoms. The fourth-order valence-corrected chi connectivity index (χ4v) is 3.58. The van der Waals surface area contributed by atoms with Gasteiger partial charge in [0.15, 0.2) is 0 Å². The van der Waals surface area contributed by atoms with Crippen LogP contribution in [0.1, 0.15) is 37.7 Å². The first kappa shape index (κ1) is 14.1. The van der Waals surface area contributed by atoms with Crippen molar-refractivity contribution in [2.24, 2.45) is 5.92 Å². The molecule has 1 saturated carbocycles. The molecule has 4 atom stereocenters. The van der Waals surface area contributed by atoms with Crippen LogP contribution < -0.4 is 10.6 Å². The number of amides is 1. The number of halogens is 1. The van der Waals surface area contributed by atoms with E-state index in [1.54, 1.807) is 0 Å². The summed E-state index contributed by atoms with van der Waals surface area (Å²) in [7, 11) is 0. The van der Waals surface area contributed by atoms with Crippen molar-refractivity contribution >= 4 is 21.8 Å². The standard InChI is InChI=1S/C16H21BrN2O/c1-10-7-13(5-6-18-10)19-16(20)15-9-14(15)11-3-2-4-12(17)8-11/h2-4,8,10,13-15,18H,5-7,9H2,1H3,(H,19,20). The minimum absolute atomic E-state index is 0.175. The molecule has 3 rings (SSSR count). The van der Waals surface area contributed by atoms with Crippen LogP contribution in [0.4, 0.5) is 0 Å². The fraction of sp³-hybridized carbons (Fsp3) is 0.562. The van der Waals surface area contributed by atoms with Crippen LogP contribution in [0, 0.1) is 5.92 Å². The van der Waals surface area contributed by atoms with Crippen LogP contribution in [0.25, 0.3) is 0 Å². The summed E-state index contributed by atoms with van der Waals surface area (Å²) in [6, 6.07) is 9.18. The molecule has 108 valence electrons. The zero-order chi connectivity index (χ0) is 14.1. The van der Waals surface area contributed by atoms with Gasteiger partial charge in [-0.05, 0) is 56.3 Å². The molecule has 1 aromatic carbocycles. The lowest BCUT2D eigenvalue weighted by Gasteiger charge is -2.28. The third-order valence-corrected chi connectivity index (χ3v) is 4.87. The van der Waals surface area contributed by atoms with Crippen molar-refractivity contribution in [1.29, 1.82) is 0 Å². The maximum Gasteiger partial charge on any atom is 0.223 e. The van der Waals surface area contributed by atoms with Gasteiger partial charge >= 0.3 is 0 Å². The average molecular weight is 337 g/mol. The van der Waals surface area contributed by atoms with Crippen LogP contribution in [0.3, 0.4) is 0 Å². The van der Waals surface area contributed by atoms with Gasteiger partial charge in [0, 0.05) is 22.5 Å². The Balaban J connectivity index is 1.55. The van der Waals surface area contributed by atoms with Crippen molar-refractivity contribution < 1.29 is 4.79 Å². The molecule has 1 amide bonds. The molecule has 3 nitrogen and oxygen atoms in total. The lowest BCUT2D eigenvalue weighted by atomic mass is 10.0. The van der Waals surface area contributed by atoms with E-state index in [-0.39, 0.29) is 11.8 Å². The number of hydrogen-bond donors (Lipinski definition) is 2. The van der Waals surface area contributed by atoms with Gasteiger partial charge < -0.3 is 10.6 Å². The highest BCUT2D eigenvalue weighted by atomic mass is 79.9. The topological polar surface area (TPSA) is 41.1 Å². The lowest BCUT2D eigenvalue weighted by molar-refractivity contribution is -0.123. The summed E-state index contributed by atoms with van der Waals surface area (Å²) in [4.78, 5) is 12.3. The molecule has 0 radical (unpaired) electrons. The number of benzene rings is 1. The van der Waals surface area contributed by atoms with E-state index in [4.69, 9.17) is 0 Å². The highest BCUT2D eigenvalue weighted by Crippen LogP contribution is 2.48. The van der Waals surface area contributed by atoms with E-state index in [2.05, 4.69) is 45.6 Å². The molecular formula is C16H21BrN2O. The summed E-state index contributed by atoms with van der Waals surface area (Å²) in [5.41, 5.74) is 1.28. The summed E-state index contributed by atoms with van der Waals surface area (Å²) >= 11 is 3.49. The first-order valence-corrected chi connectivity index (χ1v) is 8.22. The Bertz CT molecular complexity index is 505. The molecule has 20 heavy (non-hydrogen) atoms. The molecule has 2 aliphatic rings. The van der Waals surface area contributed by atoms with Crippen molar-refractivity contribution in [1.82, 2.24) is 10.6 Å². The molecule has 1 saturated heterocycles. The number of carbonyl (C=O) groups excluding carboxylic acids is 1. The van der Waals surface area contributed by atoms with Gasteiger partial charge in [-0.25, -0.2) is 0 Å². The van der Waals surface area contributed by atoms with E-state index < -0.39 is 0 Å². The Labute approximate surface area is 128 Å². The Morgan fingerprint density at radius 3 is 3.00 bits per heavy atom. The van der Waals surface area contributed by atoms with Crippen LogP contribution in [0.2, 0.25) is 0 Å². The number of piperidine rings is 1. The smallest absolute Gasteiger partial charge is 0.223 e. The van der Waals surface area contributed by atoms with Gasteiger partial charge in [-0.2, -0.15) is 0 Å². The molecule has 1 aliphatic carbocycles. The fourth-order valence-electron chi connectivity index (χ4n) is 3.16. The summed E-state index contributed by atoms with van der Waals surface area (Å²) in [6.45, 7) is 3.19. The average Bonchev–Trinajstić information content (AvgIpc) is 3.19. The van der Waals surface area contributed by atoms with Crippen LogP contribution in [-0.4, -0.2) is 24.5 Å². The second-order valence-electron chi connectivity index (χ2n) is 6.09. The molecule has 1 aromatic rings. The van der Waals surface area contributed by atoms with Crippen molar-refractivity contribution in [3.63, 3.8) is 0 Å². The Morgan fingerprint density at radius 2 is 2.25 bits per heavy atom. The molecule has 1 aliphatic heterocycles. The van der Waals surface area contributed by atoms with E-state index in [1.165, 1.54) is 5.56 Å². The number of carbonyl (C=O) groups is 1. The minimum Gasteiger partial charge on any atom is -0.353 e. The normalized spacial score (nSPS) is 32.7. The number of hydrogen-bond acceptors (Lipinski definition) is 2. The molecule has 1 heterocycles. The Morgan fingerprint density at radius 1 is 1.40 bits per heavy atom. The van der Waals surface area contributed by atoms with Gasteiger partial charge in [0.25, 0.3) is 0 Å². The maximum absolute atomic E-state index is 12.3. The van der Waals surface area contributed by atoms with Crippen molar-refractivity contribution in [2.45, 2.75) is 44.2 Å². The summed E-state index contributed by atoms with van der Waals surface area (Å²) in [5, 5.41) is 6.65. The largest absolute Gasteiger partial charge is 0.353 e. The van der Waals surface area contributed by atoms with E-state index in [1.807, 2.05) is 12.1 Å². The van der Waals surface area contributed by atoms with Crippen LogP contribution >= 0.6 is 15.9 Å². The van der Waals surface area contributed by atoms with Crippen molar-refractivity contribution in [3.05, 3.63) is 34.3 Å². The first-order chi connectivity index (χ1) is 9.63. The van der Waals surface area contributed by atoms with E-state index >= 15 is 0 Å². The quantitative estimate of drug-likeness (QED) is 0.891.